The number of benzene rings is 1. The summed E-state index contributed by atoms with van der Waals surface area (Å²) in [7, 11) is 0. The topological polar surface area (TPSA) is 68.3 Å². The van der Waals surface area contributed by atoms with Gasteiger partial charge in [0.05, 0.1) is 5.54 Å². The van der Waals surface area contributed by atoms with Crippen LogP contribution in [0.3, 0.4) is 0 Å². The van der Waals surface area contributed by atoms with Gasteiger partial charge >= 0.3 is 0 Å². The number of hydrogen-bond acceptors (Lipinski definition) is 3. The number of carbonyl (C=O) groups excluding carboxylic acids is 1. The lowest BCUT2D eigenvalue weighted by atomic mass is 9.95. The molecule has 1 aliphatic carbocycles. The summed E-state index contributed by atoms with van der Waals surface area (Å²) in [6.07, 6.45) is 2.26. The molecule has 0 saturated heterocycles. The van der Waals surface area contributed by atoms with Crippen LogP contribution in [0.25, 0.3) is 11.0 Å². The molecule has 1 aromatic carbocycles. The fourth-order valence-electron chi connectivity index (χ4n) is 2.96. The Morgan fingerprint density at radius 2 is 2.09 bits per heavy atom. The lowest BCUT2D eigenvalue weighted by molar-refractivity contribution is 0.0870. The molecule has 0 radical (unpaired) electrons. The Balaban J connectivity index is 0.00000176. The zero-order valence-corrected chi connectivity index (χ0v) is 14.0. The second kappa shape index (κ2) is 5.94. The van der Waals surface area contributed by atoms with Crippen molar-refractivity contribution in [2.24, 2.45) is 11.7 Å². The molecule has 120 valence electrons. The van der Waals surface area contributed by atoms with Crippen LogP contribution in [0.5, 0.6) is 0 Å². The van der Waals surface area contributed by atoms with Crippen LogP contribution in [0.2, 0.25) is 0 Å². The Kier molecular flexibility index (Phi) is 4.54. The first kappa shape index (κ1) is 16.8. The van der Waals surface area contributed by atoms with E-state index in [2.05, 4.69) is 5.32 Å². The van der Waals surface area contributed by atoms with Crippen molar-refractivity contribution in [3.05, 3.63) is 35.1 Å². The second-order valence-corrected chi connectivity index (χ2v) is 6.36. The molecule has 1 atom stereocenters. The summed E-state index contributed by atoms with van der Waals surface area (Å²) in [6, 6.07) is 5.96. The van der Waals surface area contributed by atoms with Crippen molar-refractivity contribution in [2.45, 2.75) is 39.2 Å². The predicted octanol–water partition coefficient (Wildman–Crippen LogP) is 3.33. The van der Waals surface area contributed by atoms with E-state index in [0.717, 1.165) is 34.9 Å². The van der Waals surface area contributed by atoms with Gasteiger partial charge in [-0.3, -0.25) is 4.79 Å². The molecule has 1 amide bonds. The number of hydrogen-bond donors (Lipinski definition) is 2. The zero-order chi connectivity index (χ0) is 15.2. The molecule has 0 bridgehead atoms. The van der Waals surface area contributed by atoms with E-state index in [4.69, 9.17) is 10.2 Å². The molecule has 1 saturated carbocycles. The molecule has 0 spiro atoms. The van der Waals surface area contributed by atoms with Gasteiger partial charge in [0.1, 0.15) is 5.58 Å². The van der Waals surface area contributed by atoms with Crippen molar-refractivity contribution in [2.75, 3.05) is 6.54 Å². The third kappa shape index (κ3) is 2.73. The monoisotopic (exact) mass is 322 g/mol. The summed E-state index contributed by atoms with van der Waals surface area (Å²) >= 11 is 0. The van der Waals surface area contributed by atoms with Crippen LogP contribution in [-0.4, -0.2) is 18.0 Å². The Morgan fingerprint density at radius 3 is 2.64 bits per heavy atom. The van der Waals surface area contributed by atoms with E-state index in [1.165, 1.54) is 0 Å². The van der Waals surface area contributed by atoms with Crippen molar-refractivity contribution in [3.8, 4) is 0 Å². The number of nitrogens with two attached hydrogens (primary N) is 1. The van der Waals surface area contributed by atoms with Crippen LogP contribution in [0.4, 0.5) is 0 Å². The highest BCUT2D eigenvalue weighted by Crippen LogP contribution is 2.39. The molecule has 1 aromatic heterocycles. The van der Waals surface area contributed by atoms with Crippen LogP contribution in [0.1, 0.15) is 41.4 Å². The van der Waals surface area contributed by atoms with Crippen LogP contribution >= 0.6 is 12.4 Å². The SMILES string of the molecule is Cc1c(C(=O)NC(C)(CN)C2CC2)oc2c(C)cccc12.Cl. The molecule has 1 fully saturated rings. The maximum Gasteiger partial charge on any atom is 0.287 e. The number of para-hydroxylation sites is 1. The normalized spacial score (nSPS) is 16.9. The van der Waals surface area contributed by atoms with E-state index in [0.29, 0.717) is 18.2 Å². The standard InChI is InChI=1S/C17H22N2O2.ClH/c1-10-5-4-6-13-11(2)15(21-14(10)13)16(20)19-17(3,9-18)12-7-8-12;/h4-6,12H,7-9,18H2,1-3H3,(H,19,20);1H. The van der Waals surface area contributed by atoms with Gasteiger partial charge in [-0.1, -0.05) is 18.2 Å². The maximum atomic E-state index is 12.6. The minimum Gasteiger partial charge on any atom is -0.450 e. The molecule has 1 unspecified atom stereocenters. The van der Waals surface area contributed by atoms with Crippen molar-refractivity contribution in [3.63, 3.8) is 0 Å². The largest absolute Gasteiger partial charge is 0.450 e. The van der Waals surface area contributed by atoms with E-state index >= 15 is 0 Å². The van der Waals surface area contributed by atoms with Gasteiger partial charge in [0.25, 0.3) is 5.91 Å². The predicted molar refractivity (Wildman–Crippen MR) is 90.6 cm³/mol. The third-order valence-corrected chi connectivity index (χ3v) is 4.67. The van der Waals surface area contributed by atoms with Gasteiger partial charge in [0.15, 0.2) is 5.76 Å². The van der Waals surface area contributed by atoms with Crippen molar-refractivity contribution < 1.29 is 9.21 Å². The number of furan rings is 1. The number of amides is 1. The van der Waals surface area contributed by atoms with Crippen LogP contribution < -0.4 is 11.1 Å². The minimum atomic E-state index is -0.336. The molecule has 4 nitrogen and oxygen atoms in total. The third-order valence-electron chi connectivity index (χ3n) is 4.67. The van der Waals surface area contributed by atoms with Gasteiger partial charge in [0, 0.05) is 17.5 Å². The summed E-state index contributed by atoms with van der Waals surface area (Å²) in [6.45, 7) is 6.38. The van der Waals surface area contributed by atoms with Gasteiger partial charge in [0.2, 0.25) is 0 Å². The van der Waals surface area contributed by atoms with Gasteiger partial charge in [-0.25, -0.2) is 0 Å². The second-order valence-electron chi connectivity index (χ2n) is 6.36. The number of fused-ring (bicyclic) bond motifs is 1. The highest BCUT2D eigenvalue weighted by Gasteiger charge is 2.42. The summed E-state index contributed by atoms with van der Waals surface area (Å²) in [5.41, 5.74) is 8.25. The van der Waals surface area contributed by atoms with Crippen LogP contribution in [-0.2, 0) is 0 Å². The van der Waals surface area contributed by atoms with Crippen LogP contribution in [0.15, 0.2) is 22.6 Å². The Morgan fingerprint density at radius 1 is 1.41 bits per heavy atom. The van der Waals surface area contributed by atoms with Crippen molar-refractivity contribution in [1.29, 1.82) is 0 Å². The molecular weight excluding hydrogens is 300 g/mol. The van der Waals surface area contributed by atoms with E-state index in [9.17, 15) is 4.79 Å². The average Bonchev–Trinajstić information content (AvgIpc) is 3.25. The van der Waals surface area contributed by atoms with Gasteiger partial charge in [-0.2, -0.15) is 0 Å². The van der Waals surface area contributed by atoms with Gasteiger partial charge < -0.3 is 15.5 Å². The smallest absolute Gasteiger partial charge is 0.287 e. The summed E-state index contributed by atoms with van der Waals surface area (Å²) in [4.78, 5) is 12.6. The van der Waals surface area contributed by atoms with E-state index in [-0.39, 0.29) is 23.9 Å². The highest BCUT2D eigenvalue weighted by molar-refractivity contribution is 5.99. The quantitative estimate of drug-likeness (QED) is 0.907. The number of carbonyl (C=O) groups is 1. The maximum absolute atomic E-state index is 12.6. The first-order valence-corrected chi connectivity index (χ1v) is 7.47. The lowest BCUT2D eigenvalue weighted by Gasteiger charge is -2.29. The van der Waals surface area contributed by atoms with Crippen molar-refractivity contribution >= 4 is 29.3 Å². The highest BCUT2D eigenvalue weighted by atomic mass is 35.5. The van der Waals surface area contributed by atoms with Crippen LogP contribution in [0, 0.1) is 19.8 Å². The Labute approximate surface area is 136 Å². The Hall–Kier alpha value is -1.52. The first-order valence-electron chi connectivity index (χ1n) is 7.47. The van der Waals surface area contributed by atoms with E-state index in [1.54, 1.807) is 0 Å². The number of rotatable bonds is 4. The molecule has 1 aliphatic rings. The number of nitrogens with one attached hydrogen (secondary N) is 1. The summed E-state index contributed by atoms with van der Waals surface area (Å²) in [5, 5.41) is 4.09. The summed E-state index contributed by atoms with van der Waals surface area (Å²) < 4.78 is 5.83. The number of halogens is 1. The Bertz CT molecular complexity index is 706. The fourth-order valence-corrected chi connectivity index (χ4v) is 2.96. The molecule has 5 heteroatoms. The van der Waals surface area contributed by atoms with Gasteiger partial charge in [-0.15, -0.1) is 12.4 Å². The fraction of sp³-hybridized carbons (Fsp3) is 0.471. The zero-order valence-electron chi connectivity index (χ0n) is 13.2. The molecule has 3 N–H and O–H groups in total. The number of aryl methyl sites for hydroxylation is 2. The molecule has 3 rings (SSSR count). The molecule has 22 heavy (non-hydrogen) atoms. The molecule has 1 heterocycles. The molecular formula is C17H23ClN2O2. The lowest BCUT2D eigenvalue weighted by Crippen LogP contribution is -2.53. The first-order chi connectivity index (χ1) is 9.96. The van der Waals surface area contributed by atoms with Crippen molar-refractivity contribution in [1.82, 2.24) is 5.32 Å². The van der Waals surface area contributed by atoms with E-state index in [1.807, 2.05) is 39.0 Å². The van der Waals surface area contributed by atoms with Gasteiger partial charge in [-0.05, 0) is 45.1 Å². The average molecular weight is 323 g/mol. The summed E-state index contributed by atoms with van der Waals surface area (Å²) in [5.74, 6) is 0.723. The minimum absolute atomic E-state index is 0. The van der Waals surface area contributed by atoms with E-state index < -0.39 is 0 Å². The molecule has 2 aromatic rings. The molecule has 0 aliphatic heterocycles.